The van der Waals surface area contributed by atoms with Crippen molar-refractivity contribution in [2.75, 3.05) is 0 Å². The molecule has 0 unspecified atom stereocenters. The number of fused-ring (bicyclic) bond motifs is 1. The first-order chi connectivity index (χ1) is 6.18. The Balaban J connectivity index is 2.49. The van der Waals surface area contributed by atoms with Crippen molar-refractivity contribution in [3.63, 3.8) is 0 Å². The van der Waals surface area contributed by atoms with E-state index in [0.717, 1.165) is 0 Å². The van der Waals surface area contributed by atoms with Crippen molar-refractivity contribution in [2.45, 2.75) is 39.2 Å². The molecule has 13 heavy (non-hydrogen) atoms. The Kier molecular flexibility index (Phi) is 2.12. The molecule has 1 aromatic carbocycles. The molecular formula is C12H17N. The van der Waals surface area contributed by atoms with E-state index in [9.17, 15) is 0 Å². The summed E-state index contributed by atoms with van der Waals surface area (Å²) in [4.78, 5) is 0. The van der Waals surface area contributed by atoms with Crippen LogP contribution in [0.15, 0.2) is 12.1 Å². The van der Waals surface area contributed by atoms with Gasteiger partial charge in [-0.3, -0.25) is 0 Å². The second-order valence-electron chi connectivity index (χ2n) is 4.12. The van der Waals surface area contributed by atoms with Gasteiger partial charge in [0.15, 0.2) is 0 Å². The van der Waals surface area contributed by atoms with E-state index in [1.165, 1.54) is 36.0 Å². The van der Waals surface area contributed by atoms with Crippen molar-refractivity contribution in [3.8, 4) is 0 Å². The maximum absolute atomic E-state index is 5.88. The molecule has 1 aliphatic carbocycles. The van der Waals surface area contributed by atoms with Crippen LogP contribution in [0.5, 0.6) is 0 Å². The highest BCUT2D eigenvalue weighted by Crippen LogP contribution is 2.28. The van der Waals surface area contributed by atoms with Crippen LogP contribution in [0.4, 0.5) is 0 Å². The van der Waals surface area contributed by atoms with Crippen molar-refractivity contribution in [1.29, 1.82) is 0 Å². The van der Waals surface area contributed by atoms with Crippen LogP contribution in [-0.4, -0.2) is 0 Å². The molecule has 0 saturated carbocycles. The number of hydrogen-bond acceptors (Lipinski definition) is 1. The predicted molar refractivity (Wildman–Crippen MR) is 55.8 cm³/mol. The lowest BCUT2D eigenvalue weighted by Gasteiger charge is -2.11. The molecule has 1 aliphatic rings. The number of hydrogen-bond donors (Lipinski definition) is 1. The Labute approximate surface area is 80.0 Å². The van der Waals surface area contributed by atoms with E-state index >= 15 is 0 Å². The monoisotopic (exact) mass is 175 g/mol. The van der Waals surface area contributed by atoms with Gasteiger partial charge in [-0.2, -0.15) is 0 Å². The first kappa shape index (κ1) is 8.76. The zero-order valence-electron chi connectivity index (χ0n) is 8.43. The molecule has 0 bridgehead atoms. The van der Waals surface area contributed by atoms with Crippen molar-refractivity contribution >= 4 is 0 Å². The smallest absolute Gasteiger partial charge is 0.0266 e. The molecule has 0 fully saturated rings. The van der Waals surface area contributed by atoms with Crippen molar-refractivity contribution in [1.82, 2.24) is 0 Å². The molecule has 1 heteroatoms. The van der Waals surface area contributed by atoms with Gasteiger partial charge in [0.1, 0.15) is 0 Å². The molecule has 2 N–H and O–H groups in total. The third kappa shape index (κ3) is 1.49. The van der Waals surface area contributed by atoms with Crippen LogP contribution >= 0.6 is 0 Å². The Hall–Kier alpha value is -0.820. The SMILES string of the molecule is Cc1cc([C@@H](C)N)cc2c1CCC2. The quantitative estimate of drug-likeness (QED) is 0.697. The van der Waals surface area contributed by atoms with Crippen LogP contribution in [0.2, 0.25) is 0 Å². The van der Waals surface area contributed by atoms with E-state index in [1.807, 2.05) is 0 Å². The minimum absolute atomic E-state index is 0.171. The Bertz CT molecular complexity index is 326. The van der Waals surface area contributed by atoms with Crippen molar-refractivity contribution in [2.24, 2.45) is 5.73 Å². The number of nitrogens with two attached hydrogens (primary N) is 1. The highest BCUT2D eigenvalue weighted by Gasteiger charge is 2.14. The summed E-state index contributed by atoms with van der Waals surface area (Å²) in [5, 5.41) is 0. The molecule has 2 rings (SSSR count). The van der Waals surface area contributed by atoms with Crippen molar-refractivity contribution < 1.29 is 0 Å². The van der Waals surface area contributed by atoms with Gasteiger partial charge in [-0.15, -0.1) is 0 Å². The van der Waals surface area contributed by atoms with Gasteiger partial charge in [0.25, 0.3) is 0 Å². The third-order valence-electron chi connectivity index (χ3n) is 2.99. The fourth-order valence-electron chi connectivity index (χ4n) is 2.22. The minimum Gasteiger partial charge on any atom is -0.324 e. The molecule has 1 atom stereocenters. The second-order valence-corrected chi connectivity index (χ2v) is 4.12. The minimum atomic E-state index is 0.171. The van der Waals surface area contributed by atoms with Crippen LogP contribution in [0, 0.1) is 6.92 Å². The fourth-order valence-corrected chi connectivity index (χ4v) is 2.22. The lowest BCUT2D eigenvalue weighted by Crippen LogP contribution is -2.06. The average Bonchev–Trinajstić information content (AvgIpc) is 2.51. The number of aryl methyl sites for hydroxylation is 2. The van der Waals surface area contributed by atoms with Gasteiger partial charge in [-0.05, 0) is 55.4 Å². The third-order valence-corrected chi connectivity index (χ3v) is 2.99. The van der Waals surface area contributed by atoms with Crippen LogP contribution < -0.4 is 5.73 Å². The summed E-state index contributed by atoms with van der Waals surface area (Å²) in [5.41, 5.74) is 11.7. The molecule has 1 aromatic rings. The first-order valence-corrected chi connectivity index (χ1v) is 5.06. The fraction of sp³-hybridized carbons (Fsp3) is 0.500. The van der Waals surface area contributed by atoms with E-state index in [2.05, 4.69) is 26.0 Å². The van der Waals surface area contributed by atoms with E-state index in [-0.39, 0.29) is 6.04 Å². The Morgan fingerprint density at radius 3 is 2.77 bits per heavy atom. The zero-order valence-corrected chi connectivity index (χ0v) is 8.43. The summed E-state index contributed by atoms with van der Waals surface area (Å²) in [7, 11) is 0. The Morgan fingerprint density at radius 1 is 1.31 bits per heavy atom. The van der Waals surface area contributed by atoms with E-state index in [4.69, 9.17) is 5.73 Å². The lowest BCUT2D eigenvalue weighted by atomic mass is 9.98. The van der Waals surface area contributed by atoms with Crippen LogP contribution in [0.25, 0.3) is 0 Å². The zero-order chi connectivity index (χ0) is 9.42. The second kappa shape index (κ2) is 3.15. The summed E-state index contributed by atoms with van der Waals surface area (Å²) in [6.45, 7) is 4.26. The standard InChI is InChI=1S/C12H17N/c1-8-6-11(9(2)13)7-10-4-3-5-12(8)10/h6-7,9H,3-5,13H2,1-2H3/t9-/m1/s1. The molecule has 1 nitrogen and oxygen atoms in total. The molecule has 0 saturated heterocycles. The predicted octanol–water partition coefficient (Wildman–Crippen LogP) is 2.50. The summed E-state index contributed by atoms with van der Waals surface area (Å²) in [5.74, 6) is 0. The average molecular weight is 175 g/mol. The highest BCUT2D eigenvalue weighted by atomic mass is 14.6. The topological polar surface area (TPSA) is 26.0 Å². The summed E-state index contributed by atoms with van der Waals surface area (Å²) < 4.78 is 0. The van der Waals surface area contributed by atoms with Gasteiger partial charge < -0.3 is 5.73 Å². The van der Waals surface area contributed by atoms with Crippen molar-refractivity contribution in [3.05, 3.63) is 34.4 Å². The van der Waals surface area contributed by atoms with Crippen LogP contribution in [0.3, 0.4) is 0 Å². The van der Waals surface area contributed by atoms with Gasteiger partial charge in [-0.25, -0.2) is 0 Å². The van der Waals surface area contributed by atoms with Crippen LogP contribution in [-0.2, 0) is 12.8 Å². The molecule has 0 radical (unpaired) electrons. The molecule has 0 aromatic heterocycles. The molecule has 70 valence electrons. The summed E-state index contributed by atoms with van der Waals surface area (Å²) >= 11 is 0. The van der Waals surface area contributed by atoms with Gasteiger partial charge >= 0.3 is 0 Å². The molecular weight excluding hydrogens is 158 g/mol. The molecule has 0 heterocycles. The Morgan fingerprint density at radius 2 is 2.08 bits per heavy atom. The largest absolute Gasteiger partial charge is 0.324 e. The first-order valence-electron chi connectivity index (χ1n) is 5.06. The van der Waals surface area contributed by atoms with Crippen LogP contribution in [0.1, 0.15) is 41.6 Å². The number of rotatable bonds is 1. The van der Waals surface area contributed by atoms with Gasteiger partial charge in [0, 0.05) is 6.04 Å². The molecule has 0 spiro atoms. The summed E-state index contributed by atoms with van der Waals surface area (Å²) in [6.07, 6.45) is 3.83. The maximum Gasteiger partial charge on any atom is 0.0266 e. The van der Waals surface area contributed by atoms with Gasteiger partial charge in [0.05, 0.1) is 0 Å². The normalized spacial score (nSPS) is 17.2. The van der Waals surface area contributed by atoms with Gasteiger partial charge in [-0.1, -0.05) is 12.1 Å². The van der Waals surface area contributed by atoms with E-state index < -0.39 is 0 Å². The van der Waals surface area contributed by atoms with E-state index in [1.54, 1.807) is 5.56 Å². The molecule has 0 aliphatic heterocycles. The lowest BCUT2D eigenvalue weighted by molar-refractivity contribution is 0.814. The van der Waals surface area contributed by atoms with E-state index in [0.29, 0.717) is 0 Å². The molecule has 0 amide bonds. The maximum atomic E-state index is 5.88. The number of benzene rings is 1. The highest BCUT2D eigenvalue weighted by molar-refractivity contribution is 5.42. The van der Waals surface area contributed by atoms with Gasteiger partial charge in [0.2, 0.25) is 0 Å². The summed E-state index contributed by atoms with van der Waals surface area (Å²) in [6, 6.07) is 4.71.